The summed E-state index contributed by atoms with van der Waals surface area (Å²) in [4.78, 5) is 0.966. The summed E-state index contributed by atoms with van der Waals surface area (Å²) in [6, 6.07) is 3.84. The molecule has 5 heteroatoms. The highest BCUT2D eigenvalue weighted by atomic mass is 32.1. The van der Waals surface area contributed by atoms with Gasteiger partial charge in [-0.1, -0.05) is 11.2 Å². The molecule has 4 nitrogen and oxygen atoms in total. The standard InChI is InChI=1S/C7H7N3OS/c8-5-6(10-11-7(5)9)4-2-1-3-12-4/h1-3H,8-9H2. The van der Waals surface area contributed by atoms with Crippen molar-refractivity contribution in [3.05, 3.63) is 17.5 Å². The Balaban J connectivity index is 2.55. The fourth-order valence-electron chi connectivity index (χ4n) is 0.901. The van der Waals surface area contributed by atoms with E-state index in [1.807, 2.05) is 17.5 Å². The molecular formula is C7H7N3OS. The monoisotopic (exact) mass is 181 g/mol. The van der Waals surface area contributed by atoms with E-state index in [1.54, 1.807) is 11.3 Å². The van der Waals surface area contributed by atoms with Crippen LogP contribution in [-0.2, 0) is 0 Å². The SMILES string of the molecule is Nc1onc(-c2cccs2)c1N. The molecule has 2 aromatic heterocycles. The molecule has 0 spiro atoms. The highest BCUT2D eigenvalue weighted by molar-refractivity contribution is 7.13. The Morgan fingerprint density at radius 1 is 1.42 bits per heavy atom. The summed E-state index contributed by atoms with van der Waals surface area (Å²) in [7, 11) is 0. The lowest BCUT2D eigenvalue weighted by Crippen LogP contribution is -1.90. The van der Waals surface area contributed by atoms with Gasteiger partial charge in [0.2, 0.25) is 5.88 Å². The topological polar surface area (TPSA) is 78.1 Å². The first kappa shape index (κ1) is 7.17. The fourth-order valence-corrected chi connectivity index (χ4v) is 1.62. The minimum absolute atomic E-state index is 0.179. The van der Waals surface area contributed by atoms with Gasteiger partial charge in [-0.25, -0.2) is 0 Å². The van der Waals surface area contributed by atoms with Crippen molar-refractivity contribution in [2.45, 2.75) is 0 Å². The van der Waals surface area contributed by atoms with Gasteiger partial charge in [0.05, 0.1) is 4.88 Å². The van der Waals surface area contributed by atoms with E-state index in [4.69, 9.17) is 16.0 Å². The predicted molar refractivity (Wildman–Crippen MR) is 48.6 cm³/mol. The van der Waals surface area contributed by atoms with Gasteiger partial charge < -0.3 is 16.0 Å². The number of anilines is 2. The summed E-state index contributed by atoms with van der Waals surface area (Å²) in [6.07, 6.45) is 0. The summed E-state index contributed by atoms with van der Waals surface area (Å²) in [5.41, 5.74) is 12.1. The van der Waals surface area contributed by atoms with Crippen LogP contribution < -0.4 is 11.5 Å². The maximum absolute atomic E-state index is 5.62. The van der Waals surface area contributed by atoms with E-state index in [1.165, 1.54) is 0 Å². The van der Waals surface area contributed by atoms with Crippen LogP contribution in [0.5, 0.6) is 0 Å². The minimum Gasteiger partial charge on any atom is -0.392 e. The van der Waals surface area contributed by atoms with Crippen molar-refractivity contribution in [1.29, 1.82) is 0 Å². The van der Waals surface area contributed by atoms with Gasteiger partial charge in [-0.3, -0.25) is 0 Å². The van der Waals surface area contributed by atoms with E-state index >= 15 is 0 Å². The largest absolute Gasteiger partial charge is 0.392 e. The zero-order valence-electron chi connectivity index (χ0n) is 6.15. The molecule has 0 unspecified atom stereocenters. The summed E-state index contributed by atoms with van der Waals surface area (Å²) in [6.45, 7) is 0. The lowest BCUT2D eigenvalue weighted by molar-refractivity contribution is 0.439. The van der Waals surface area contributed by atoms with E-state index in [2.05, 4.69) is 5.16 Å². The van der Waals surface area contributed by atoms with Crippen LogP contribution in [0.2, 0.25) is 0 Å². The van der Waals surface area contributed by atoms with E-state index in [-0.39, 0.29) is 5.88 Å². The third-order valence-corrected chi connectivity index (χ3v) is 2.39. The van der Waals surface area contributed by atoms with Crippen LogP contribution in [0.25, 0.3) is 10.6 Å². The second-order valence-electron chi connectivity index (χ2n) is 2.29. The molecule has 0 aliphatic rings. The Morgan fingerprint density at radius 2 is 2.25 bits per heavy atom. The molecule has 0 aliphatic heterocycles. The molecule has 4 N–H and O–H groups in total. The number of aromatic nitrogens is 1. The number of hydrogen-bond acceptors (Lipinski definition) is 5. The molecule has 0 fully saturated rings. The van der Waals surface area contributed by atoms with Crippen LogP contribution >= 0.6 is 11.3 Å². The Hall–Kier alpha value is -1.49. The van der Waals surface area contributed by atoms with Gasteiger partial charge in [0.1, 0.15) is 11.4 Å². The molecule has 62 valence electrons. The molecule has 0 radical (unpaired) electrons. The average molecular weight is 181 g/mol. The van der Waals surface area contributed by atoms with Crippen molar-refractivity contribution >= 4 is 22.9 Å². The van der Waals surface area contributed by atoms with Gasteiger partial charge >= 0.3 is 0 Å². The van der Waals surface area contributed by atoms with Crippen molar-refractivity contribution in [3.8, 4) is 10.6 Å². The Labute approximate surface area is 72.8 Å². The number of nitrogens with two attached hydrogens (primary N) is 2. The van der Waals surface area contributed by atoms with Crippen LogP contribution in [0.4, 0.5) is 11.6 Å². The molecule has 2 aromatic rings. The molecular weight excluding hydrogens is 174 g/mol. The quantitative estimate of drug-likeness (QED) is 0.699. The molecule has 0 aliphatic carbocycles. The average Bonchev–Trinajstić information content (AvgIpc) is 2.64. The number of thiophene rings is 1. The lowest BCUT2D eigenvalue weighted by atomic mass is 10.3. The first-order valence-electron chi connectivity index (χ1n) is 3.33. The zero-order valence-corrected chi connectivity index (χ0v) is 6.97. The summed E-state index contributed by atoms with van der Waals surface area (Å²) in [5.74, 6) is 0.179. The minimum atomic E-state index is 0.179. The summed E-state index contributed by atoms with van der Waals surface area (Å²) >= 11 is 1.55. The molecule has 0 saturated heterocycles. The fraction of sp³-hybridized carbons (Fsp3) is 0. The molecule has 0 atom stereocenters. The highest BCUT2D eigenvalue weighted by Crippen LogP contribution is 2.31. The second-order valence-corrected chi connectivity index (χ2v) is 3.23. The Bertz CT molecular complexity index is 379. The van der Waals surface area contributed by atoms with E-state index in [0.29, 0.717) is 11.4 Å². The van der Waals surface area contributed by atoms with Crippen molar-refractivity contribution in [1.82, 2.24) is 5.16 Å². The second kappa shape index (κ2) is 2.53. The highest BCUT2D eigenvalue weighted by Gasteiger charge is 2.11. The number of hydrogen-bond donors (Lipinski definition) is 2. The molecule has 0 saturated carbocycles. The molecule has 0 aromatic carbocycles. The van der Waals surface area contributed by atoms with Crippen molar-refractivity contribution in [2.24, 2.45) is 0 Å². The number of nitrogen functional groups attached to an aromatic ring is 2. The maximum atomic E-state index is 5.62. The maximum Gasteiger partial charge on any atom is 0.246 e. The number of nitrogens with zero attached hydrogens (tertiary/aromatic N) is 1. The number of rotatable bonds is 1. The Kier molecular flexibility index (Phi) is 1.51. The molecule has 0 amide bonds. The van der Waals surface area contributed by atoms with Crippen molar-refractivity contribution in [2.75, 3.05) is 11.5 Å². The summed E-state index contributed by atoms with van der Waals surface area (Å²) < 4.78 is 4.73. The van der Waals surface area contributed by atoms with Crippen LogP contribution in [-0.4, -0.2) is 5.16 Å². The van der Waals surface area contributed by atoms with Crippen molar-refractivity contribution < 1.29 is 4.52 Å². The normalized spacial score (nSPS) is 10.3. The van der Waals surface area contributed by atoms with Gasteiger partial charge in [-0.05, 0) is 11.4 Å². The lowest BCUT2D eigenvalue weighted by Gasteiger charge is -1.89. The summed E-state index contributed by atoms with van der Waals surface area (Å²) in [5, 5.41) is 5.69. The van der Waals surface area contributed by atoms with Gasteiger partial charge in [0, 0.05) is 0 Å². The van der Waals surface area contributed by atoms with Gasteiger partial charge in [-0.2, -0.15) is 0 Å². The van der Waals surface area contributed by atoms with Crippen LogP contribution in [0, 0.1) is 0 Å². The van der Waals surface area contributed by atoms with E-state index < -0.39 is 0 Å². The van der Waals surface area contributed by atoms with Gasteiger partial charge in [0.15, 0.2) is 0 Å². The van der Waals surface area contributed by atoms with E-state index in [9.17, 15) is 0 Å². The van der Waals surface area contributed by atoms with Crippen molar-refractivity contribution in [3.63, 3.8) is 0 Å². The first-order chi connectivity index (χ1) is 5.79. The van der Waals surface area contributed by atoms with Crippen LogP contribution in [0.15, 0.2) is 22.0 Å². The molecule has 2 heterocycles. The zero-order chi connectivity index (χ0) is 8.55. The molecule has 12 heavy (non-hydrogen) atoms. The van der Waals surface area contributed by atoms with Gasteiger partial charge in [0.25, 0.3) is 0 Å². The van der Waals surface area contributed by atoms with Crippen LogP contribution in [0.1, 0.15) is 0 Å². The molecule has 0 bridgehead atoms. The third-order valence-electron chi connectivity index (χ3n) is 1.51. The smallest absolute Gasteiger partial charge is 0.246 e. The van der Waals surface area contributed by atoms with E-state index in [0.717, 1.165) is 4.88 Å². The van der Waals surface area contributed by atoms with Gasteiger partial charge in [-0.15, -0.1) is 11.3 Å². The molecule has 2 rings (SSSR count). The Morgan fingerprint density at radius 3 is 2.75 bits per heavy atom. The predicted octanol–water partition coefficient (Wildman–Crippen LogP) is 1.57. The first-order valence-corrected chi connectivity index (χ1v) is 4.21. The third kappa shape index (κ3) is 0.947. The van der Waals surface area contributed by atoms with Crippen LogP contribution in [0.3, 0.4) is 0 Å².